The zero-order valence-corrected chi connectivity index (χ0v) is 43.6. The number of methoxy groups -OCH3 is 1. The fourth-order valence-corrected chi connectivity index (χ4v) is 11.3. The number of carbonyl (C=O) groups is 2. The number of rotatable bonds is 14. The molecule has 0 bridgehead atoms. The molecule has 1 aromatic carbocycles. The summed E-state index contributed by atoms with van der Waals surface area (Å²) in [5.74, 6) is -2.58. The number of cyclic esters (lactones) is 1. The van der Waals surface area contributed by atoms with E-state index in [1.54, 1.807) is 63.6 Å². The van der Waals surface area contributed by atoms with E-state index in [0.717, 1.165) is 5.69 Å². The van der Waals surface area contributed by atoms with Crippen LogP contribution in [0.25, 0.3) is 0 Å². The summed E-state index contributed by atoms with van der Waals surface area (Å²) in [6.45, 7) is 21.2. The first-order valence-electron chi connectivity index (χ1n) is 25.0. The lowest BCUT2D eigenvalue weighted by Gasteiger charge is -2.51. The first kappa shape index (κ1) is 56.8. The molecule has 18 nitrogen and oxygen atoms in total. The van der Waals surface area contributed by atoms with Gasteiger partial charge in [-0.2, -0.15) is 0 Å². The largest absolute Gasteiger partial charge is 0.492 e. The van der Waals surface area contributed by atoms with Crippen LogP contribution < -0.4 is 4.74 Å². The molecule has 3 fully saturated rings. The summed E-state index contributed by atoms with van der Waals surface area (Å²) in [6.07, 6.45) is -4.98. The minimum Gasteiger partial charge on any atom is -0.492 e. The van der Waals surface area contributed by atoms with Crippen LogP contribution in [0.2, 0.25) is 0 Å². The van der Waals surface area contributed by atoms with Crippen molar-refractivity contribution in [3.8, 4) is 5.75 Å². The van der Waals surface area contributed by atoms with Gasteiger partial charge in [0.15, 0.2) is 12.1 Å². The van der Waals surface area contributed by atoms with Crippen molar-refractivity contribution >= 4 is 11.8 Å². The predicted molar refractivity (Wildman–Crippen MR) is 257 cm³/mol. The van der Waals surface area contributed by atoms with Gasteiger partial charge in [-0.1, -0.05) is 45.0 Å². The molecular formula is C51H85N5O13. The van der Waals surface area contributed by atoms with Crippen molar-refractivity contribution < 1.29 is 63.5 Å². The number of ketones is 1. The first-order chi connectivity index (χ1) is 32.2. The lowest BCUT2D eigenvalue weighted by Crippen LogP contribution is -2.62. The molecule has 3 aliphatic heterocycles. The number of likely N-dealkylation sites (N-methyl/N-ethyl adjacent to an activating group) is 2. The van der Waals surface area contributed by atoms with Gasteiger partial charge < -0.3 is 63.8 Å². The number of carbonyl (C=O) groups excluding carboxylic acids is 2. The molecule has 2 aromatic rings. The molecule has 0 saturated carbocycles. The number of aliphatic hydroxyl groups is 5. The predicted octanol–water partition coefficient (Wildman–Crippen LogP) is 3.66. The molecule has 5 N–H and O–H groups in total. The summed E-state index contributed by atoms with van der Waals surface area (Å²) in [6, 6.07) is 6.08. The van der Waals surface area contributed by atoms with Crippen LogP contribution in [0.15, 0.2) is 30.5 Å². The molecule has 3 aliphatic rings. The Kier molecular flexibility index (Phi) is 19.4. The van der Waals surface area contributed by atoms with E-state index in [-0.39, 0.29) is 37.1 Å². The van der Waals surface area contributed by atoms with Crippen LogP contribution in [0.3, 0.4) is 0 Å². The van der Waals surface area contributed by atoms with E-state index in [0.29, 0.717) is 50.4 Å². The molecule has 0 amide bonds. The summed E-state index contributed by atoms with van der Waals surface area (Å²) in [5, 5.41) is 68.6. The van der Waals surface area contributed by atoms with Gasteiger partial charge in [0.2, 0.25) is 0 Å². The number of benzene rings is 1. The van der Waals surface area contributed by atoms with Gasteiger partial charge in [-0.15, -0.1) is 5.10 Å². The Hall–Kier alpha value is -3.14. The van der Waals surface area contributed by atoms with E-state index in [1.165, 1.54) is 21.0 Å². The maximum Gasteiger partial charge on any atom is 0.309 e. The lowest BCUT2D eigenvalue weighted by atomic mass is 9.68. The van der Waals surface area contributed by atoms with Crippen molar-refractivity contribution in [1.82, 2.24) is 24.8 Å². The van der Waals surface area contributed by atoms with Crippen molar-refractivity contribution in [2.45, 2.75) is 199 Å². The minimum atomic E-state index is -1.82. The molecule has 18 atom stereocenters. The van der Waals surface area contributed by atoms with Crippen LogP contribution in [0, 0.1) is 23.7 Å². The maximum absolute atomic E-state index is 14.6. The Labute approximate surface area is 409 Å². The number of nitrogens with zero attached hydrogens (tertiary/aromatic N) is 5. The normalized spacial score (nSPS) is 40.2. The van der Waals surface area contributed by atoms with Gasteiger partial charge in [0, 0.05) is 62.8 Å². The molecule has 392 valence electrons. The minimum absolute atomic E-state index is 0.0347. The van der Waals surface area contributed by atoms with Gasteiger partial charge in [0.1, 0.15) is 42.4 Å². The molecule has 0 aliphatic carbocycles. The van der Waals surface area contributed by atoms with Gasteiger partial charge in [0.25, 0.3) is 0 Å². The summed E-state index contributed by atoms with van der Waals surface area (Å²) >= 11 is 0. The monoisotopic (exact) mass is 976 g/mol. The summed E-state index contributed by atoms with van der Waals surface area (Å²) in [7, 11) is 5.31. The highest BCUT2D eigenvalue weighted by atomic mass is 16.7. The van der Waals surface area contributed by atoms with Crippen molar-refractivity contribution in [2.75, 3.05) is 40.9 Å². The molecule has 3 saturated heterocycles. The van der Waals surface area contributed by atoms with Crippen LogP contribution in [0.5, 0.6) is 5.75 Å². The number of aromatic nitrogens is 3. The topological polar surface area (TPSA) is 228 Å². The van der Waals surface area contributed by atoms with Crippen molar-refractivity contribution in [3.05, 3.63) is 41.7 Å². The summed E-state index contributed by atoms with van der Waals surface area (Å²) in [4.78, 5) is 30.4. The number of hydrogen-bond acceptors (Lipinski definition) is 17. The second-order valence-electron chi connectivity index (χ2n) is 21.4. The first-order valence-corrected chi connectivity index (χ1v) is 25.0. The van der Waals surface area contributed by atoms with Crippen LogP contribution in [-0.4, -0.2) is 187 Å². The van der Waals surface area contributed by atoms with Crippen LogP contribution in [-0.2, 0) is 41.4 Å². The number of ether oxygens (including phenoxy) is 6. The number of esters is 1. The number of aliphatic hydroxyl groups excluding tert-OH is 3. The summed E-state index contributed by atoms with van der Waals surface area (Å²) in [5.41, 5.74) is -3.12. The van der Waals surface area contributed by atoms with E-state index >= 15 is 0 Å². The van der Waals surface area contributed by atoms with Gasteiger partial charge >= 0.3 is 5.97 Å². The van der Waals surface area contributed by atoms with Gasteiger partial charge in [-0.3, -0.25) is 9.59 Å². The van der Waals surface area contributed by atoms with E-state index in [4.69, 9.17) is 28.4 Å². The molecular weight excluding hydrogens is 891 g/mol. The van der Waals surface area contributed by atoms with E-state index in [1.807, 2.05) is 52.9 Å². The fraction of sp³-hybridized carbons (Fsp3) is 0.804. The number of Topliss-reactive ketones (excluding diaryl/α,β-unsaturated/α-hetero) is 1. The Bertz CT molecular complexity index is 1970. The SMILES string of the molecule is CC[C@H]1OC(=O)[C@H](C)[C@@H](C2C[C@@](C)(OC)[C@@H](O)[C@H](C)O2)[C@H](C)[C@@H](O[C@@H]2O[C@H](C)C[C@H](N(C)CCc3cn(CCOc4cccc(C(C)=O)c4)nn3)[C@H]2O)[C@](C)(O)C[C@@H](C)CN(C)[C@H](C)[C@@H](O)[C@]1(C)O. The average Bonchev–Trinajstić information content (AvgIpc) is 3.75. The fourth-order valence-electron chi connectivity index (χ4n) is 11.3. The molecule has 0 radical (unpaired) electrons. The van der Waals surface area contributed by atoms with Crippen LogP contribution in [0.1, 0.15) is 118 Å². The maximum atomic E-state index is 14.6. The Morgan fingerprint density at radius 3 is 2.36 bits per heavy atom. The second-order valence-corrected chi connectivity index (χ2v) is 21.4. The van der Waals surface area contributed by atoms with E-state index < -0.39 is 102 Å². The Morgan fingerprint density at radius 1 is 1.01 bits per heavy atom. The average molecular weight is 976 g/mol. The molecule has 1 aromatic heterocycles. The highest BCUT2D eigenvalue weighted by Gasteiger charge is 2.55. The lowest BCUT2D eigenvalue weighted by molar-refractivity contribution is -0.302. The molecule has 1 unspecified atom stereocenters. The zero-order valence-electron chi connectivity index (χ0n) is 43.6. The quantitative estimate of drug-likeness (QED) is 0.134. The van der Waals surface area contributed by atoms with Gasteiger partial charge in [-0.05, 0) is 106 Å². The Balaban J connectivity index is 1.42. The third-order valence-electron chi connectivity index (χ3n) is 15.6. The van der Waals surface area contributed by atoms with Crippen molar-refractivity contribution in [1.29, 1.82) is 0 Å². The van der Waals surface area contributed by atoms with E-state index in [2.05, 4.69) is 15.2 Å². The third-order valence-corrected chi connectivity index (χ3v) is 15.6. The molecule has 4 heterocycles. The van der Waals surface area contributed by atoms with Gasteiger partial charge in [-0.25, -0.2) is 4.68 Å². The molecule has 69 heavy (non-hydrogen) atoms. The molecule has 5 rings (SSSR count). The van der Waals surface area contributed by atoms with Gasteiger partial charge in [0.05, 0.1) is 53.8 Å². The third kappa shape index (κ3) is 13.5. The van der Waals surface area contributed by atoms with Crippen molar-refractivity contribution in [3.63, 3.8) is 0 Å². The summed E-state index contributed by atoms with van der Waals surface area (Å²) < 4.78 is 39.7. The zero-order chi connectivity index (χ0) is 51.3. The standard InChI is InChI=1S/C51H85N5O13/c1-15-41-51(11,63)44(59)33(6)55(13)27-29(2)25-49(9,62)46(31(4)42(32(5)47(61)68-41)40-26-50(10,64-14)45(60)35(8)67-40)69-48-43(58)39(23-30(3)66-48)54(12)20-19-37-28-56(53-52-37)21-22-65-38-18-16-17-36(24-38)34(7)57/h16-18,24,28-33,35,39-46,48,58-60,62-63H,15,19-23,25-27H2,1-14H3/t29-,30-,31+,32-,33-,35+,39+,40?,41-,42+,43-,44-,45+,46-,48+,49-,50-,51-/m1/s1. The smallest absolute Gasteiger partial charge is 0.309 e. The molecule has 0 spiro atoms. The molecule has 18 heteroatoms. The van der Waals surface area contributed by atoms with E-state index in [9.17, 15) is 35.1 Å². The van der Waals surface area contributed by atoms with Crippen molar-refractivity contribution in [2.24, 2.45) is 23.7 Å². The van der Waals surface area contributed by atoms with Crippen LogP contribution in [0.4, 0.5) is 0 Å². The second kappa shape index (κ2) is 23.6. The number of hydrogen-bond donors (Lipinski definition) is 5. The Morgan fingerprint density at radius 2 is 1.71 bits per heavy atom. The highest BCUT2D eigenvalue weighted by Crippen LogP contribution is 2.45. The van der Waals surface area contributed by atoms with Crippen LogP contribution >= 0.6 is 0 Å². The highest BCUT2D eigenvalue weighted by molar-refractivity contribution is 5.94.